The Kier molecular flexibility index (Phi) is 8.42. The Morgan fingerprint density at radius 2 is 1.66 bits per heavy atom. The number of hydrogen-bond acceptors (Lipinski definition) is 6. The Labute approximate surface area is 242 Å². The van der Waals surface area contributed by atoms with Gasteiger partial charge >= 0.3 is 17.9 Å². The molecule has 8 heteroatoms. The zero-order chi connectivity index (χ0) is 29.4. The summed E-state index contributed by atoms with van der Waals surface area (Å²) in [5, 5.41) is 14.8. The molecule has 41 heavy (non-hydrogen) atoms. The number of carbonyl (C=O) groups excluding carboxylic acids is 1. The van der Waals surface area contributed by atoms with Gasteiger partial charge in [-0.05, 0) is 117 Å². The third-order valence-electron chi connectivity index (χ3n) is 11.1. The zero-order valence-corrected chi connectivity index (χ0v) is 24.6. The van der Waals surface area contributed by atoms with Gasteiger partial charge in [0.25, 0.3) is 0 Å². The molecule has 2 heterocycles. The lowest BCUT2D eigenvalue weighted by molar-refractivity contribution is -0.159. The number of carboxylic acid groups (broad SMARTS) is 2. The number of aromatic nitrogens is 1. The van der Waals surface area contributed by atoms with Gasteiger partial charge in [-0.1, -0.05) is 37.6 Å². The van der Waals surface area contributed by atoms with E-state index < -0.39 is 11.9 Å². The van der Waals surface area contributed by atoms with Crippen LogP contribution >= 0.6 is 0 Å². The number of allylic oxidation sites excluding steroid dienone is 3. The van der Waals surface area contributed by atoms with Crippen LogP contribution in [-0.4, -0.2) is 64.2 Å². The minimum absolute atomic E-state index is 0.0642. The number of hydrogen-bond donors (Lipinski definition) is 2. The number of ether oxygens (including phenoxy) is 1. The standard InChI is InChI=1S/C31H42N2O2.C2H2O4/c1-30-14-10-24(35-29(34)21-12-17-33(3)18-13-21)19-23(30)6-7-25-27-9-8-26(22-5-4-16-32-20-22)31(27,2)15-11-28(25)30;3-1(4)2(5)6/h4-6,8,16,20-21,24-25,27-28H,7,9-15,17-19H2,1-3H3;(H,3,4)(H,5,6)/t24-,25-,27-,28-,30-,31+;/m0./s1. The van der Waals surface area contributed by atoms with E-state index >= 15 is 0 Å². The smallest absolute Gasteiger partial charge is 0.414 e. The van der Waals surface area contributed by atoms with Crippen molar-refractivity contribution < 1.29 is 29.3 Å². The molecule has 0 spiro atoms. The molecule has 3 fully saturated rings. The molecule has 222 valence electrons. The maximum Gasteiger partial charge on any atom is 0.414 e. The van der Waals surface area contributed by atoms with Crippen LogP contribution in [0.3, 0.4) is 0 Å². The first-order valence-electron chi connectivity index (χ1n) is 15.2. The number of nitrogens with zero attached hydrogens (tertiary/aromatic N) is 2. The van der Waals surface area contributed by atoms with Gasteiger partial charge < -0.3 is 19.8 Å². The number of esters is 1. The van der Waals surface area contributed by atoms with Gasteiger partial charge in [0.05, 0.1) is 5.92 Å². The molecule has 1 aromatic heterocycles. The Morgan fingerprint density at radius 1 is 0.951 bits per heavy atom. The number of pyridine rings is 1. The normalized spacial score (nSPS) is 34.9. The monoisotopic (exact) mass is 564 g/mol. The van der Waals surface area contributed by atoms with Crippen LogP contribution in [0.2, 0.25) is 0 Å². The zero-order valence-electron chi connectivity index (χ0n) is 24.6. The second-order valence-corrected chi connectivity index (χ2v) is 13.3. The number of rotatable bonds is 3. The van der Waals surface area contributed by atoms with E-state index in [4.69, 9.17) is 24.5 Å². The molecule has 0 unspecified atom stereocenters. The molecule has 0 radical (unpaired) electrons. The molecule has 1 aliphatic heterocycles. The number of carboxylic acids is 2. The largest absolute Gasteiger partial charge is 0.473 e. The van der Waals surface area contributed by atoms with Gasteiger partial charge in [0.2, 0.25) is 0 Å². The van der Waals surface area contributed by atoms with Gasteiger partial charge in [-0.3, -0.25) is 9.78 Å². The average Bonchev–Trinajstić information content (AvgIpc) is 3.31. The number of fused-ring (bicyclic) bond motifs is 5. The van der Waals surface area contributed by atoms with Crippen LogP contribution in [0.15, 0.2) is 42.3 Å². The van der Waals surface area contributed by atoms with E-state index in [1.54, 1.807) is 11.1 Å². The van der Waals surface area contributed by atoms with Crippen molar-refractivity contribution in [3.63, 3.8) is 0 Å². The Bertz CT molecular complexity index is 1210. The predicted octanol–water partition coefficient (Wildman–Crippen LogP) is 5.45. The molecule has 2 saturated carbocycles. The fourth-order valence-electron chi connectivity index (χ4n) is 8.77. The van der Waals surface area contributed by atoms with Gasteiger partial charge in [0.1, 0.15) is 6.10 Å². The SMILES string of the molecule is CN1CCC(C(=O)O[C@H]2CC[C@@]3(C)C(=CC[C@@H]4[C@@H]3CC[C@]3(C)C(c5cccnc5)=CC[C@@H]43)C2)CC1.O=C(O)C(=O)O. The molecule has 6 atom stereocenters. The molecule has 6 rings (SSSR count). The van der Waals surface area contributed by atoms with Crippen LogP contribution in [0.4, 0.5) is 0 Å². The summed E-state index contributed by atoms with van der Waals surface area (Å²) < 4.78 is 6.13. The summed E-state index contributed by atoms with van der Waals surface area (Å²) in [6.07, 6.45) is 19.1. The molecule has 0 aromatic carbocycles. The summed E-state index contributed by atoms with van der Waals surface area (Å²) in [7, 11) is 2.14. The lowest BCUT2D eigenvalue weighted by Gasteiger charge is -2.58. The second-order valence-electron chi connectivity index (χ2n) is 13.3. The molecule has 2 N–H and O–H groups in total. The van der Waals surface area contributed by atoms with Gasteiger partial charge in [-0.2, -0.15) is 0 Å². The molecule has 1 saturated heterocycles. The highest BCUT2D eigenvalue weighted by Crippen LogP contribution is 2.66. The quantitative estimate of drug-likeness (QED) is 0.283. The van der Waals surface area contributed by atoms with Crippen LogP contribution in [0, 0.1) is 34.5 Å². The first-order chi connectivity index (χ1) is 19.5. The highest BCUT2D eigenvalue weighted by atomic mass is 16.5. The molecule has 5 aliphatic rings. The maximum atomic E-state index is 12.9. The lowest BCUT2D eigenvalue weighted by atomic mass is 9.47. The summed E-state index contributed by atoms with van der Waals surface area (Å²) in [5.74, 6) is -1.24. The summed E-state index contributed by atoms with van der Waals surface area (Å²) in [6.45, 7) is 7.08. The third kappa shape index (κ3) is 5.72. The minimum atomic E-state index is -1.82. The van der Waals surface area contributed by atoms with Crippen molar-refractivity contribution in [3.05, 3.63) is 47.8 Å². The molecule has 0 amide bonds. The predicted molar refractivity (Wildman–Crippen MR) is 155 cm³/mol. The van der Waals surface area contributed by atoms with Crippen LogP contribution in [0.5, 0.6) is 0 Å². The highest BCUT2D eigenvalue weighted by Gasteiger charge is 2.57. The summed E-state index contributed by atoms with van der Waals surface area (Å²) in [6, 6.07) is 4.32. The average molecular weight is 565 g/mol. The van der Waals surface area contributed by atoms with Crippen molar-refractivity contribution in [2.24, 2.45) is 34.5 Å². The number of piperidine rings is 1. The fourth-order valence-corrected chi connectivity index (χ4v) is 8.77. The van der Waals surface area contributed by atoms with Crippen molar-refractivity contribution in [3.8, 4) is 0 Å². The molecular formula is C33H44N2O6. The summed E-state index contributed by atoms with van der Waals surface area (Å²) in [5.41, 5.74) is 5.00. The number of carbonyl (C=O) groups is 3. The molecule has 4 aliphatic carbocycles. The molecule has 1 aromatic rings. The fraction of sp³-hybridized carbons (Fsp3) is 0.636. The molecule has 0 bridgehead atoms. The topological polar surface area (TPSA) is 117 Å². The summed E-state index contributed by atoms with van der Waals surface area (Å²) >= 11 is 0. The van der Waals surface area contributed by atoms with Crippen LogP contribution < -0.4 is 0 Å². The molecular weight excluding hydrogens is 520 g/mol. The van der Waals surface area contributed by atoms with Gasteiger partial charge in [-0.25, -0.2) is 9.59 Å². The van der Waals surface area contributed by atoms with Crippen molar-refractivity contribution in [2.45, 2.75) is 77.7 Å². The van der Waals surface area contributed by atoms with Crippen molar-refractivity contribution in [2.75, 3.05) is 20.1 Å². The first kappa shape index (κ1) is 29.5. The first-order valence-corrected chi connectivity index (χ1v) is 15.2. The van der Waals surface area contributed by atoms with Gasteiger partial charge in [0, 0.05) is 18.8 Å². The minimum Gasteiger partial charge on any atom is -0.473 e. The Morgan fingerprint density at radius 3 is 2.32 bits per heavy atom. The van der Waals surface area contributed by atoms with E-state index in [1.807, 2.05) is 6.20 Å². The second kappa shape index (κ2) is 11.7. The van der Waals surface area contributed by atoms with E-state index in [-0.39, 0.29) is 28.8 Å². The van der Waals surface area contributed by atoms with Crippen molar-refractivity contribution in [1.82, 2.24) is 9.88 Å². The number of aliphatic carboxylic acids is 2. The lowest BCUT2D eigenvalue weighted by Crippen LogP contribution is -2.50. The van der Waals surface area contributed by atoms with Crippen LogP contribution in [-0.2, 0) is 19.1 Å². The number of likely N-dealkylation sites (tertiary alicyclic amines) is 1. The van der Waals surface area contributed by atoms with E-state index in [2.05, 4.69) is 61.3 Å². The van der Waals surface area contributed by atoms with Gasteiger partial charge in [0.15, 0.2) is 0 Å². The Balaban J connectivity index is 0.000000511. The van der Waals surface area contributed by atoms with E-state index in [0.29, 0.717) is 0 Å². The maximum absolute atomic E-state index is 12.9. The van der Waals surface area contributed by atoms with E-state index in [1.165, 1.54) is 31.2 Å². The van der Waals surface area contributed by atoms with Gasteiger partial charge in [-0.15, -0.1) is 0 Å². The third-order valence-corrected chi connectivity index (χ3v) is 11.1. The van der Waals surface area contributed by atoms with E-state index in [9.17, 15) is 4.79 Å². The summed E-state index contributed by atoms with van der Waals surface area (Å²) in [4.78, 5) is 37.8. The van der Waals surface area contributed by atoms with E-state index in [0.717, 1.165) is 62.9 Å². The van der Waals surface area contributed by atoms with Crippen molar-refractivity contribution in [1.29, 1.82) is 0 Å². The van der Waals surface area contributed by atoms with Crippen LogP contribution in [0.25, 0.3) is 5.57 Å². The van der Waals surface area contributed by atoms with Crippen LogP contribution in [0.1, 0.15) is 77.2 Å². The van der Waals surface area contributed by atoms with Crippen molar-refractivity contribution >= 4 is 23.5 Å². The molecule has 8 nitrogen and oxygen atoms in total. The highest BCUT2D eigenvalue weighted by molar-refractivity contribution is 6.27. The Hall–Kier alpha value is -3.00.